The normalized spacial score (nSPS) is 11.3. The van der Waals surface area contributed by atoms with E-state index < -0.39 is 0 Å². The zero-order valence-electron chi connectivity index (χ0n) is 11.0. The monoisotopic (exact) mass is 341 g/mol. The Labute approximate surface area is 130 Å². The number of rotatable bonds is 2. The summed E-state index contributed by atoms with van der Waals surface area (Å²) in [6.45, 7) is 0. The first-order chi connectivity index (χ1) is 10.1. The topological polar surface area (TPSA) is 71.0 Å². The van der Waals surface area contributed by atoms with Crippen molar-refractivity contribution in [3.8, 4) is 5.75 Å². The second-order valence-corrected chi connectivity index (χ2v) is 5.47. The minimum atomic E-state index is 0.0909. The van der Waals surface area contributed by atoms with Gasteiger partial charge in [-0.1, -0.05) is 46.3 Å². The molecule has 0 aliphatic heterocycles. The van der Waals surface area contributed by atoms with Crippen LogP contribution in [0.2, 0.25) is 0 Å². The van der Waals surface area contributed by atoms with Crippen LogP contribution in [0.5, 0.6) is 5.75 Å². The molecule has 0 radical (unpaired) electrons. The molecule has 104 valence electrons. The van der Waals surface area contributed by atoms with Gasteiger partial charge in [0.2, 0.25) is 0 Å². The highest BCUT2D eigenvalue weighted by molar-refractivity contribution is 9.10. The van der Waals surface area contributed by atoms with Crippen LogP contribution in [0.15, 0.2) is 69.3 Å². The number of fused-ring (bicyclic) bond motifs is 1. The van der Waals surface area contributed by atoms with Gasteiger partial charge >= 0.3 is 0 Å². The Morgan fingerprint density at radius 2 is 1.76 bits per heavy atom. The minimum Gasteiger partial charge on any atom is -0.506 e. The maximum absolute atomic E-state index is 10.0. The van der Waals surface area contributed by atoms with E-state index in [0.29, 0.717) is 17.1 Å². The summed E-state index contributed by atoms with van der Waals surface area (Å²) in [5, 5.41) is 20.2. The molecule has 4 nitrogen and oxygen atoms in total. The van der Waals surface area contributed by atoms with Gasteiger partial charge in [-0.15, -0.1) is 10.2 Å². The maximum atomic E-state index is 10.0. The van der Waals surface area contributed by atoms with Crippen molar-refractivity contribution < 1.29 is 5.11 Å². The molecule has 0 saturated carbocycles. The van der Waals surface area contributed by atoms with E-state index >= 15 is 0 Å². The molecule has 0 saturated heterocycles. The number of nitrogens with zero attached hydrogens (tertiary/aromatic N) is 2. The zero-order chi connectivity index (χ0) is 14.8. The molecule has 0 heterocycles. The molecule has 0 aliphatic rings. The van der Waals surface area contributed by atoms with E-state index in [1.54, 1.807) is 18.2 Å². The molecule has 3 aromatic carbocycles. The van der Waals surface area contributed by atoms with Gasteiger partial charge in [-0.2, -0.15) is 0 Å². The van der Waals surface area contributed by atoms with Crippen LogP contribution in [0.3, 0.4) is 0 Å². The second kappa shape index (κ2) is 5.54. The van der Waals surface area contributed by atoms with Crippen molar-refractivity contribution in [1.82, 2.24) is 0 Å². The molecule has 3 rings (SSSR count). The molecule has 0 unspecified atom stereocenters. The third kappa shape index (κ3) is 2.73. The highest BCUT2D eigenvalue weighted by Crippen LogP contribution is 2.36. The highest BCUT2D eigenvalue weighted by atomic mass is 79.9. The van der Waals surface area contributed by atoms with Gasteiger partial charge in [0.1, 0.15) is 17.1 Å². The predicted molar refractivity (Wildman–Crippen MR) is 88.3 cm³/mol. The van der Waals surface area contributed by atoms with Gasteiger partial charge in [-0.3, -0.25) is 0 Å². The average Bonchev–Trinajstić information content (AvgIpc) is 2.48. The fourth-order valence-corrected chi connectivity index (χ4v) is 2.45. The van der Waals surface area contributed by atoms with Crippen LogP contribution in [0.25, 0.3) is 10.8 Å². The molecule has 21 heavy (non-hydrogen) atoms. The van der Waals surface area contributed by atoms with E-state index in [2.05, 4.69) is 26.2 Å². The van der Waals surface area contributed by atoms with Gasteiger partial charge < -0.3 is 10.8 Å². The summed E-state index contributed by atoms with van der Waals surface area (Å²) in [5.74, 6) is 0.0909. The van der Waals surface area contributed by atoms with Crippen LogP contribution in [-0.4, -0.2) is 5.11 Å². The van der Waals surface area contributed by atoms with Crippen LogP contribution in [0.4, 0.5) is 17.1 Å². The third-order valence-corrected chi connectivity index (χ3v) is 3.62. The minimum absolute atomic E-state index is 0.0909. The van der Waals surface area contributed by atoms with E-state index in [1.165, 1.54) is 0 Å². The van der Waals surface area contributed by atoms with Gasteiger partial charge in [0.05, 0.1) is 5.69 Å². The number of halogens is 1. The smallest absolute Gasteiger partial charge is 0.143 e. The Morgan fingerprint density at radius 1 is 0.952 bits per heavy atom. The Balaban J connectivity index is 2.09. The Morgan fingerprint density at radius 3 is 2.57 bits per heavy atom. The fraction of sp³-hybridized carbons (Fsp3) is 0. The van der Waals surface area contributed by atoms with E-state index in [-0.39, 0.29) is 5.75 Å². The molecule has 0 aliphatic carbocycles. The third-order valence-electron chi connectivity index (χ3n) is 3.13. The predicted octanol–water partition coefficient (Wildman–Crippen LogP) is 5.31. The number of nitrogen functional groups attached to an aromatic ring is 1. The number of azo groups is 1. The lowest BCUT2D eigenvalue weighted by molar-refractivity contribution is 0.477. The van der Waals surface area contributed by atoms with Gasteiger partial charge in [-0.25, -0.2) is 0 Å². The molecule has 3 N–H and O–H groups in total. The van der Waals surface area contributed by atoms with Crippen LogP contribution in [0.1, 0.15) is 0 Å². The number of phenols is 1. The fourth-order valence-electron chi connectivity index (χ4n) is 2.07. The molecule has 0 atom stereocenters. The van der Waals surface area contributed by atoms with Gasteiger partial charge in [-0.05, 0) is 29.7 Å². The molecule has 5 heteroatoms. The number of aromatic hydroxyl groups is 1. The molecule has 0 spiro atoms. The molecule has 0 aromatic heterocycles. The summed E-state index contributed by atoms with van der Waals surface area (Å²) in [6, 6.07) is 16.5. The van der Waals surface area contributed by atoms with E-state index in [1.807, 2.05) is 36.4 Å². The Bertz CT molecular complexity index is 846. The summed E-state index contributed by atoms with van der Waals surface area (Å²) in [4.78, 5) is 0. The number of phenolic OH excluding ortho intramolecular Hbond substituents is 1. The van der Waals surface area contributed by atoms with Crippen LogP contribution in [-0.2, 0) is 0 Å². The molecule has 3 aromatic rings. The maximum Gasteiger partial charge on any atom is 0.143 e. The van der Waals surface area contributed by atoms with Crippen LogP contribution < -0.4 is 5.73 Å². The number of hydrogen-bond donors (Lipinski definition) is 2. The summed E-state index contributed by atoms with van der Waals surface area (Å²) < 4.78 is 0.881. The average molecular weight is 342 g/mol. The summed E-state index contributed by atoms with van der Waals surface area (Å²) in [6.07, 6.45) is 0. The quantitative estimate of drug-likeness (QED) is 0.490. The lowest BCUT2D eigenvalue weighted by atomic mass is 10.1. The van der Waals surface area contributed by atoms with Gasteiger partial charge in [0, 0.05) is 9.86 Å². The first kappa shape index (κ1) is 13.6. The number of anilines is 1. The number of benzene rings is 3. The Hall–Kier alpha value is -2.40. The van der Waals surface area contributed by atoms with Crippen molar-refractivity contribution in [3.05, 3.63) is 59.1 Å². The highest BCUT2D eigenvalue weighted by Gasteiger charge is 2.06. The first-order valence-electron chi connectivity index (χ1n) is 6.32. The summed E-state index contributed by atoms with van der Waals surface area (Å²) >= 11 is 3.34. The van der Waals surface area contributed by atoms with Crippen molar-refractivity contribution >= 4 is 43.8 Å². The summed E-state index contributed by atoms with van der Waals surface area (Å²) in [5.41, 5.74) is 7.41. The first-order valence-corrected chi connectivity index (χ1v) is 7.12. The SMILES string of the molecule is Nc1cc(Br)ccc1N=Nc1c(O)ccc2ccccc12. The molecule has 0 bridgehead atoms. The largest absolute Gasteiger partial charge is 0.506 e. The van der Waals surface area contributed by atoms with Crippen molar-refractivity contribution in [1.29, 1.82) is 0 Å². The van der Waals surface area contributed by atoms with E-state index in [9.17, 15) is 5.11 Å². The number of nitrogens with two attached hydrogens (primary N) is 1. The van der Waals surface area contributed by atoms with E-state index in [0.717, 1.165) is 15.2 Å². The summed E-state index contributed by atoms with van der Waals surface area (Å²) in [7, 11) is 0. The lowest BCUT2D eigenvalue weighted by Crippen LogP contribution is -1.84. The van der Waals surface area contributed by atoms with Crippen molar-refractivity contribution in [2.75, 3.05) is 5.73 Å². The molecule has 0 fully saturated rings. The zero-order valence-corrected chi connectivity index (χ0v) is 12.6. The molecular weight excluding hydrogens is 330 g/mol. The van der Waals surface area contributed by atoms with Crippen molar-refractivity contribution in [3.63, 3.8) is 0 Å². The van der Waals surface area contributed by atoms with Gasteiger partial charge in [0.25, 0.3) is 0 Å². The lowest BCUT2D eigenvalue weighted by Gasteiger charge is -2.04. The van der Waals surface area contributed by atoms with Crippen molar-refractivity contribution in [2.45, 2.75) is 0 Å². The number of hydrogen-bond acceptors (Lipinski definition) is 4. The standard InChI is InChI=1S/C16H12BrN3O/c17-11-6-7-14(13(18)9-11)19-20-16-12-4-2-1-3-10(12)5-8-15(16)21/h1-9,21H,18H2. The second-order valence-electron chi connectivity index (χ2n) is 4.56. The van der Waals surface area contributed by atoms with Crippen molar-refractivity contribution in [2.24, 2.45) is 10.2 Å². The van der Waals surface area contributed by atoms with E-state index in [4.69, 9.17) is 5.73 Å². The van der Waals surface area contributed by atoms with Gasteiger partial charge in [0.15, 0.2) is 0 Å². The van der Waals surface area contributed by atoms with Crippen LogP contribution in [0, 0.1) is 0 Å². The Kier molecular flexibility index (Phi) is 3.58. The molecular formula is C16H12BrN3O. The van der Waals surface area contributed by atoms with Crippen LogP contribution >= 0.6 is 15.9 Å². The molecule has 0 amide bonds.